The zero-order chi connectivity index (χ0) is 15.2. The molecule has 2 rings (SSSR count). The van der Waals surface area contributed by atoms with Gasteiger partial charge in [-0.25, -0.2) is 4.98 Å². The highest BCUT2D eigenvalue weighted by molar-refractivity contribution is 7.15. The molecule has 114 valence electrons. The summed E-state index contributed by atoms with van der Waals surface area (Å²) < 4.78 is 0. The monoisotopic (exact) mass is 304 g/mol. The van der Waals surface area contributed by atoms with Crippen molar-refractivity contribution >= 4 is 16.5 Å². The Morgan fingerprint density at radius 3 is 2.67 bits per heavy atom. The maximum atomic E-state index is 4.73. The summed E-state index contributed by atoms with van der Waals surface area (Å²) in [6.45, 7) is 12.0. The average molecular weight is 304 g/mol. The highest BCUT2D eigenvalue weighted by Gasteiger charge is 2.13. The van der Waals surface area contributed by atoms with E-state index in [1.165, 1.54) is 4.88 Å². The lowest BCUT2D eigenvalue weighted by Crippen LogP contribution is -2.22. The summed E-state index contributed by atoms with van der Waals surface area (Å²) in [4.78, 5) is 12.9. The molecule has 1 N–H and O–H groups in total. The van der Waals surface area contributed by atoms with E-state index < -0.39 is 0 Å². The molecule has 0 saturated heterocycles. The van der Waals surface area contributed by atoms with Gasteiger partial charge >= 0.3 is 0 Å². The van der Waals surface area contributed by atoms with Gasteiger partial charge in [-0.3, -0.25) is 4.98 Å². The maximum absolute atomic E-state index is 4.73. The third-order valence-electron chi connectivity index (χ3n) is 3.37. The molecule has 0 atom stereocenters. The average Bonchev–Trinajstić information content (AvgIpc) is 2.83. The van der Waals surface area contributed by atoms with Crippen LogP contribution in [0.3, 0.4) is 0 Å². The standard InChI is InChI=1S/C16H24N4S/c1-5-17-10-15-13(4)19-16(21-15)20(6-2)11-14-9-7-8-12(3)18-14/h7-9,17H,5-6,10-11H2,1-4H3. The summed E-state index contributed by atoms with van der Waals surface area (Å²) in [5.74, 6) is 0. The first-order valence-electron chi connectivity index (χ1n) is 7.48. The van der Waals surface area contributed by atoms with Crippen LogP contribution in [0.1, 0.15) is 35.8 Å². The van der Waals surface area contributed by atoms with Crippen molar-refractivity contribution in [2.45, 2.75) is 40.8 Å². The second-order valence-electron chi connectivity index (χ2n) is 5.07. The van der Waals surface area contributed by atoms with Gasteiger partial charge in [0, 0.05) is 23.7 Å². The third-order valence-corrected chi connectivity index (χ3v) is 4.59. The number of nitrogens with zero attached hydrogens (tertiary/aromatic N) is 3. The van der Waals surface area contributed by atoms with Gasteiger partial charge in [-0.05, 0) is 39.4 Å². The SMILES string of the molecule is CCNCc1sc(N(CC)Cc2cccc(C)n2)nc1C. The number of aryl methyl sites for hydroxylation is 2. The van der Waals surface area contributed by atoms with Crippen molar-refractivity contribution in [1.29, 1.82) is 0 Å². The Morgan fingerprint density at radius 2 is 2.00 bits per heavy atom. The molecule has 0 saturated carbocycles. The van der Waals surface area contributed by atoms with Crippen LogP contribution in [-0.4, -0.2) is 23.1 Å². The number of hydrogen-bond acceptors (Lipinski definition) is 5. The van der Waals surface area contributed by atoms with Crippen LogP contribution < -0.4 is 10.2 Å². The van der Waals surface area contributed by atoms with Crippen LogP contribution in [0.15, 0.2) is 18.2 Å². The van der Waals surface area contributed by atoms with Crippen molar-refractivity contribution in [2.24, 2.45) is 0 Å². The molecule has 0 aromatic carbocycles. The number of hydrogen-bond donors (Lipinski definition) is 1. The summed E-state index contributed by atoms with van der Waals surface area (Å²) >= 11 is 1.78. The predicted molar refractivity (Wildman–Crippen MR) is 89.9 cm³/mol. The highest BCUT2D eigenvalue weighted by Crippen LogP contribution is 2.27. The Labute approximate surface area is 131 Å². The second kappa shape index (κ2) is 7.52. The van der Waals surface area contributed by atoms with E-state index in [0.29, 0.717) is 0 Å². The van der Waals surface area contributed by atoms with E-state index in [1.54, 1.807) is 11.3 Å². The van der Waals surface area contributed by atoms with Gasteiger partial charge < -0.3 is 10.2 Å². The number of pyridine rings is 1. The predicted octanol–water partition coefficient (Wildman–Crippen LogP) is 3.29. The Morgan fingerprint density at radius 1 is 1.19 bits per heavy atom. The Bertz CT molecular complexity index is 579. The molecule has 0 spiro atoms. The van der Waals surface area contributed by atoms with E-state index >= 15 is 0 Å². The summed E-state index contributed by atoms with van der Waals surface area (Å²) in [6, 6.07) is 6.17. The fourth-order valence-electron chi connectivity index (χ4n) is 2.15. The Hall–Kier alpha value is -1.46. The summed E-state index contributed by atoms with van der Waals surface area (Å²) in [6.07, 6.45) is 0. The van der Waals surface area contributed by atoms with Gasteiger partial charge in [0.2, 0.25) is 0 Å². The zero-order valence-corrected chi connectivity index (χ0v) is 14.1. The van der Waals surface area contributed by atoms with Crippen molar-refractivity contribution in [3.63, 3.8) is 0 Å². The number of aromatic nitrogens is 2. The lowest BCUT2D eigenvalue weighted by molar-refractivity contribution is 0.730. The zero-order valence-electron chi connectivity index (χ0n) is 13.3. The smallest absolute Gasteiger partial charge is 0.186 e. The fourth-order valence-corrected chi connectivity index (χ4v) is 3.24. The van der Waals surface area contributed by atoms with Crippen LogP contribution in [0.25, 0.3) is 0 Å². The van der Waals surface area contributed by atoms with Gasteiger partial charge in [0.05, 0.1) is 17.9 Å². The molecular weight excluding hydrogens is 280 g/mol. The lowest BCUT2D eigenvalue weighted by Gasteiger charge is -2.19. The molecule has 2 aromatic heterocycles. The summed E-state index contributed by atoms with van der Waals surface area (Å²) in [7, 11) is 0. The summed E-state index contributed by atoms with van der Waals surface area (Å²) in [5, 5.41) is 4.46. The van der Waals surface area contributed by atoms with E-state index in [1.807, 2.05) is 13.0 Å². The number of anilines is 1. The molecule has 2 aromatic rings. The summed E-state index contributed by atoms with van der Waals surface area (Å²) in [5.41, 5.74) is 3.29. The molecule has 2 heterocycles. The van der Waals surface area contributed by atoms with Gasteiger partial charge in [0.25, 0.3) is 0 Å². The molecule has 4 nitrogen and oxygen atoms in total. The van der Waals surface area contributed by atoms with Gasteiger partial charge in [-0.2, -0.15) is 0 Å². The Balaban J connectivity index is 2.13. The van der Waals surface area contributed by atoms with Gasteiger partial charge in [0.15, 0.2) is 5.13 Å². The Kier molecular flexibility index (Phi) is 5.70. The molecule has 0 fully saturated rings. The molecule has 0 aliphatic rings. The van der Waals surface area contributed by atoms with E-state index in [-0.39, 0.29) is 0 Å². The van der Waals surface area contributed by atoms with E-state index in [2.05, 4.69) is 48.1 Å². The number of rotatable bonds is 7. The lowest BCUT2D eigenvalue weighted by atomic mass is 10.3. The van der Waals surface area contributed by atoms with Crippen molar-refractivity contribution in [2.75, 3.05) is 18.0 Å². The van der Waals surface area contributed by atoms with Crippen LogP contribution >= 0.6 is 11.3 Å². The molecule has 0 bridgehead atoms. The topological polar surface area (TPSA) is 41.0 Å². The highest BCUT2D eigenvalue weighted by atomic mass is 32.1. The molecule has 21 heavy (non-hydrogen) atoms. The second-order valence-corrected chi connectivity index (χ2v) is 6.13. The van der Waals surface area contributed by atoms with Crippen LogP contribution in [0.2, 0.25) is 0 Å². The first-order chi connectivity index (χ1) is 10.1. The van der Waals surface area contributed by atoms with Crippen molar-refractivity contribution in [3.8, 4) is 0 Å². The maximum Gasteiger partial charge on any atom is 0.186 e. The van der Waals surface area contributed by atoms with Crippen molar-refractivity contribution < 1.29 is 0 Å². The van der Waals surface area contributed by atoms with E-state index in [9.17, 15) is 0 Å². The van der Waals surface area contributed by atoms with Crippen LogP contribution in [0.4, 0.5) is 5.13 Å². The largest absolute Gasteiger partial charge is 0.342 e. The molecule has 0 unspecified atom stereocenters. The molecule has 0 radical (unpaired) electrons. The van der Waals surface area contributed by atoms with Gasteiger partial charge in [0.1, 0.15) is 0 Å². The van der Waals surface area contributed by atoms with Crippen LogP contribution in [0.5, 0.6) is 0 Å². The molecule has 0 aliphatic carbocycles. The minimum absolute atomic E-state index is 0.811. The van der Waals surface area contributed by atoms with Crippen LogP contribution in [-0.2, 0) is 13.1 Å². The van der Waals surface area contributed by atoms with Gasteiger partial charge in [-0.1, -0.05) is 13.0 Å². The first kappa shape index (κ1) is 15.9. The molecule has 5 heteroatoms. The molecule has 0 aliphatic heterocycles. The van der Waals surface area contributed by atoms with Gasteiger partial charge in [-0.15, -0.1) is 11.3 Å². The van der Waals surface area contributed by atoms with E-state index in [0.717, 1.165) is 48.4 Å². The first-order valence-corrected chi connectivity index (χ1v) is 8.30. The van der Waals surface area contributed by atoms with Crippen molar-refractivity contribution in [3.05, 3.63) is 40.2 Å². The minimum Gasteiger partial charge on any atom is -0.342 e. The number of nitrogens with one attached hydrogen (secondary N) is 1. The number of thiazole rings is 1. The molecule has 0 amide bonds. The van der Waals surface area contributed by atoms with Crippen molar-refractivity contribution in [1.82, 2.24) is 15.3 Å². The quantitative estimate of drug-likeness (QED) is 0.852. The van der Waals surface area contributed by atoms with Crippen LogP contribution in [0, 0.1) is 13.8 Å². The molecular formula is C16H24N4S. The minimum atomic E-state index is 0.811. The third kappa shape index (κ3) is 4.25. The normalized spacial score (nSPS) is 10.9. The van der Waals surface area contributed by atoms with E-state index in [4.69, 9.17) is 4.98 Å². The fraction of sp³-hybridized carbons (Fsp3) is 0.500.